The molecule has 2 heterocycles. The van der Waals surface area contributed by atoms with Crippen LogP contribution in [0.4, 0.5) is 4.79 Å². The Labute approximate surface area is 184 Å². The van der Waals surface area contributed by atoms with E-state index in [-0.39, 0.29) is 0 Å². The lowest BCUT2D eigenvalue weighted by atomic mass is 10.1. The Hall–Kier alpha value is -2.51. The number of ether oxygens (including phenoxy) is 3. The standard InChI is InChI=1S/C14H22N2O3.C9H14N2O/c1-13(2,3)19-12(17)16-9-5-11(15-16)18-10-8-14(4)6-7-14;1-9(3-4-9)5-7-12-8-2-6-10-11-8/h5,9H,6-8,10H2,1-4H3;2,6H,3-5,7H2,1H3,(H,10,11). The Balaban J connectivity index is 0.000000194. The van der Waals surface area contributed by atoms with Crippen molar-refractivity contribution in [3.8, 4) is 11.8 Å². The van der Waals surface area contributed by atoms with Gasteiger partial charge >= 0.3 is 6.09 Å². The predicted molar refractivity (Wildman–Crippen MR) is 117 cm³/mol. The topological polar surface area (TPSA) is 91.3 Å². The van der Waals surface area contributed by atoms with Crippen LogP contribution in [-0.2, 0) is 4.74 Å². The van der Waals surface area contributed by atoms with Crippen LogP contribution < -0.4 is 9.47 Å². The molecule has 2 aliphatic rings. The Kier molecular flexibility index (Phi) is 6.96. The average molecular weight is 433 g/mol. The van der Waals surface area contributed by atoms with Crippen molar-refractivity contribution in [3.63, 3.8) is 0 Å². The SMILES string of the molecule is CC1(CCOc2ccn(C(=O)OC(C)(C)C)n2)CC1.CC1(CCOc2ccn[nH]2)CC1. The van der Waals surface area contributed by atoms with Crippen LogP contribution in [0.15, 0.2) is 24.5 Å². The summed E-state index contributed by atoms with van der Waals surface area (Å²) in [7, 11) is 0. The summed E-state index contributed by atoms with van der Waals surface area (Å²) in [4.78, 5) is 11.7. The van der Waals surface area contributed by atoms with Crippen molar-refractivity contribution in [2.45, 2.75) is 78.7 Å². The fourth-order valence-corrected chi connectivity index (χ4v) is 2.85. The van der Waals surface area contributed by atoms with Crippen LogP contribution in [0.25, 0.3) is 0 Å². The summed E-state index contributed by atoms with van der Waals surface area (Å²) < 4.78 is 17.4. The predicted octanol–water partition coefficient (Wildman–Crippen LogP) is 5.21. The maximum atomic E-state index is 11.7. The summed E-state index contributed by atoms with van der Waals surface area (Å²) in [5.41, 5.74) is 0.526. The van der Waals surface area contributed by atoms with Gasteiger partial charge in [-0.15, -0.1) is 5.10 Å². The maximum Gasteiger partial charge on any atom is 0.435 e. The number of hydrogen-bond acceptors (Lipinski definition) is 6. The molecule has 2 aliphatic carbocycles. The molecule has 172 valence electrons. The van der Waals surface area contributed by atoms with Crippen molar-refractivity contribution >= 4 is 6.09 Å². The first-order valence-corrected chi connectivity index (χ1v) is 11.1. The molecule has 1 N–H and O–H groups in total. The number of rotatable bonds is 8. The Bertz CT molecular complexity index is 830. The zero-order valence-corrected chi connectivity index (χ0v) is 19.4. The number of H-pyrrole nitrogens is 1. The minimum absolute atomic E-state index is 0.466. The van der Waals surface area contributed by atoms with Crippen molar-refractivity contribution < 1.29 is 19.0 Å². The minimum atomic E-state index is -0.523. The molecule has 8 heteroatoms. The molecule has 0 bridgehead atoms. The second kappa shape index (κ2) is 9.32. The molecule has 0 saturated heterocycles. The lowest BCUT2D eigenvalue weighted by molar-refractivity contribution is 0.0511. The summed E-state index contributed by atoms with van der Waals surface area (Å²) in [5, 5.41) is 10.6. The van der Waals surface area contributed by atoms with Crippen LogP contribution in [-0.4, -0.2) is 44.9 Å². The van der Waals surface area contributed by atoms with E-state index in [0.717, 1.165) is 25.3 Å². The molecular weight excluding hydrogens is 396 g/mol. The molecule has 31 heavy (non-hydrogen) atoms. The van der Waals surface area contributed by atoms with Crippen LogP contribution in [0, 0.1) is 10.8 Å². The number of nitrogens with one attached hydrogen (secondary N) is 1. The van der Waals surface area contributed by atoms with E-state index in [9.17, 15) is 4.79 Å². The number of nitrogens with zero attached hydrogens (tertiary/aromatic N) is 3. The van der Waals surface area contributed by atoms with Crippen LogP contribution in [0.5, 0.6) is 11.8 Å². The highest BCUT2D eigenvalue weighted by atomic mass is 16.6. The summed E-state index contributed by atoms with van der Waals surface area (Å²) in [6.07, 6.45) is 10.2. The zero-order valence-electron chi connectivity index (χ0n) is 19.4. The molecule has 4 rings (SSSR count). The summed E-state index contributed by atoms with van der Waals surface area (Å²) in [6.45, 7) is 11.5. The number of carbonyl (C=O) groups is 1. The smallest absolute Gasteiger partial charge is 0.435 e. The van der Waals surface area contributed by atoms with Crippen LogP contribution in [0.2, 0.25) is 0 Å². The lowest BCUT2D eigenvalue weighted by Gasteiger charge is -2.18. The van der Waals surface area contributed by atoms with Crippen LogP contribution in [0.3, 0.4) is 0 Å². The second-order valence-electron chi connectivity index (χ2n) is 10.3. The third-order valence-electron chi connectivity index (χ3n) is 5.75. The highest BCUT2D eigenvalue weighted by molar-refractivity contribution is 5.69. The highest BCUT2D eigenvalue weighted by Gasteiger charge is 2.37. The van der Waals surface area contributed by atoms with Gasteiger partial charge in [0.25, 0.3) is 0 Å². The van der Waals surface area contributed by atoms with Gasteiger partial charge in [-0.2, -0.15) is 9.78 Å². The van der Waals surface area contributed by atoms with Gasteiger partial charge in [-0.25, -0.2) is 9.89 Å². The fourth-order valence-electron chi connectivity index (χ4n) is 2.85. The van der Waals surface area contributed by atoms with Gasteiger partial charge in [-0.1, -0.05) is 13.8 Å². The average Bonchev–Trinajstić information content (AvgIpc) is 3.42. The molecule has 2 fully saturated rings. The summed E-state index contributed by atoms with van der Waals surface area (Å²) in [6, 6.07) is 3.52. The highest BCUT2D eigenvalue weighted by Crippen LogP contribution is 2.48. The molecule has 8 nitrogen and oxygen atoms in total. The summed E-state index contributed by atoms with van der Waals surface area (Å²) >= 11 is 0. The van der Waals surface area contributed by atoms with Crippen LogP contribution >= 0.6 is 0 Å². The normalized spacial score (nSPS) is 17.8. The first kappa shape index (κ1) is 23.2. The molecule has 0 radical (unpaired) electrons. The molecule has 0 unspecified atom stereocenters. The van der Waals surface area contributed by atoms with E-state index in [4.69, 9.17) is 14.2 Å². The number of hydrogen-bond donors (Lipinski definition) is 1. The van der Waals surface area contributed by atoms with Gasteiger partial charge in [0.1, 0.15) is 5.60 Å². The molecule has 0 atom stereocenters. The Morgan fingerprint density at radius 3 is 2.19 bits per heavy atom. The van der Waals surface area contributed by atoms with Crippen molar-refractivity contribution in [3.05, 3.63) is 24.5 Å². The zero-order chi connectivity index (χ0) is 22.5. The summed E-state index contributed by atoms with van der Waals surface area (Å²) in [5.74, 6) is 1.24. The van der Waals surface area contributed by atoms with E-state index < -0.39 is 11.7 Å². The van der Waals surface area contributed by atoms with Crippen molar-refractivity contribution in [2.24, 2.45) is 10.8 Å². The van der Waals surface area contributed by atoms with Crippen molar-refractivity contribution in [1.82, 2.24) is 20.0 Å². The molecule has 0 spiro atoms. The fraction of sp³-hybridized carbons (Fsp3) is 0.696. The monoisotopic (exact) mass is 432 g/mol. The van der Waals surface area contributed by atoms with E-state index in [1.165, 1.54) is 30.4 Å². The molecule has 2 aromatic heterocycles. The molecular formula is C23H36N4O4. The van der Waals surface area contributed by atoms with Gasteiger partial charge in [-0.3, -0.25) is 0 Å². The molecule has 2 aromatic rings. The third kappa shape index (κ3) is 8.26. The van der Waals surface area contributed by atoms with Gasteiger partial charge in [0.2, 0.25) is 11.8 Å². The number of aromatic amines is 1. The molecule has 0 amide bonds. The number of carbonyl (C=O) groups excluding carboxylic acids is 1. The molecule has 2 saturated carbocycles. The van der Waals surface area contributed by atoms with E-state index in [0.29, 0.717) is 23.3 Å². The van der Waals surface area contributed by atoms with Gasteiger partial charge in [0.15, 0.2) is 0 Å². The second-order valence-corrected chi connectivity index (χ2v) is 10.3. The molecule has 0 aliphatic heterocycles. The quantitative estimate of drug-likeness (QED) is 0.615. The molecule has 0 aromatic carbocycles. The number of aromatic nitrogens is 4. The minimum Gasteiger partial charge on any atom is -0.478 e. The largest absolute Gasteiger partial charge is 0.478 e. The van der Waals surface area contributed by atoms with Crippen molar-refractivity contribution in [1.29, 1.82) is 0 Å². The first-order chi connectivity index (χ1) is 14.6. The Morgan fingerprint density at radius 2 is 1.68 bits per heavy atom. The van der Waals surface area contributed by atoms with Gasteiger partial charge in [0, 0.05) is 18.3 Å². The van der Waals surface area contributed by atoms with E-state index >= 15 is 0 Å². The van der Waals surface area contributed by atoms with Crippen LogP contribution in [0.1, 0.15) is 73.1 Å². The van der Waals surface area contributed by atoms with Gasteiger partial charge in [0.05, 0.1) is 19.4 Å². The van der Waals surface area contributed by atoms with E-state index in [1.807, 2.05) is 26.8 Å². The van der Waals surface area contributed by atoms with Gasteiger partial charge < -0.3 is 14.2 Å². The lowest BCUT2D eigenvalue weighted by Crippen LogP contribution is -2.27. The van der Waals surface area contributed by atoms with Gasteiger partial charge in [-0.05, 0) is 70.1 Å². The van der Waals surface area contributed by atoms with Crippen molar-refractivity contribution in [2.75, 3.05) is 13.2 Å². The third-order valence-corrected chi connectivity index (χ3v) is 5.75. The maximum absolute atomic E-state index is 11.7. The Morgan fingerprint density at radius 1 is 1.06 bits per heavy atom. The first-order valence-electron chi connectivity index (χ1n) is 11.1. The van der Waals surface area contributed by atoms with E-state index in [1.54, 1.807) is 18.5 Å². The van der Waals surface area contributed by atoms with E-state index in [2.05, 4.69) is 29.1 Å².